The van der Waals surface area contributed by atoms with Gasteiger partial charge in [0.1, 0.15) is 0 Å². The van der Waals surface area contributed by atoms with Crippen molar-refractivity contribution >= 4 is 5.78 Å². The molecule has 0 atom stereocenters. The van der Waals surface area contributed by atoms with Crippen molar-refractivity contribution in [1.29, 1.82) is 0 Å². The summed E-state index contributed by atoms with van der Waals surface area (Å²) in [6, 6.07) is 6.28. The van der Waals surface area contributed by atoms with Crippen molar-refractivity contribution in [2.75, 3.05) is 13.2 Å². The van der Waals surface area contributed by atoms with E-state index in [1.165, 1.54) is 5.56 Å². The van der Waals surface area contributed by atoms with Crippen LogP contribution in [0.3, 0.4) is 0 Å². The van der Waals surface area contributed by atoms with Crippen LogP contribution >= 0.6 is 0 Å². The number of benzene rings is 1. The molecule has 120 valence electrons. The Balaban J connectivity index is 1.54. The maximum absolute atomic E-state index is 12.1. The number of aromatic nitrogens is 2. The van der Waals surface area contributed by atoms with Crippen LogP contribution in [0.25, 0.3) is 11.1 Å². The molecule has 0 amide bonds. The fourth-order valence-corrected chi connectivity index (χ4v) is 3.61. The van der Waals surface area contributed by atoms with E-state index in [2.05, 4.69) is 23.4 Å². The summed E-state index contributed by atoms with van der Waals surface area (Å²) in [5.74, 6) is 0.935. The van der Waals surface area contributed by atoms with Gasteiger partial charge in [0.25, 0.3) is 0 Å². The minimum Gasteiger partial charge on any atom is -0.381 e. The lowest BCUT2D eigenvalue weighted by atomic mass is 9.88. The quantitative estimate of drug-likeness (QED) is 0.871. The zero-order valence-electron chi connectivity index (χ0n) is 13.3. The largest absolute Gasteiger partial charge is 0.381 e. The molecule has 4 nitrogen and oxygen atoms in total. The van der Waals surface area contributed by atoms with E-state index < -0.39 is 0 Å². The summed E-state index contributed by atoms with van der Waals surface area (Å²) in [5, 5.41) is 4.51. The lowest BCUT2D eigenvalue weighted by Gasteiger charge is -2.21. The molecule has 0 radical (unpaired) electrons. The smallest absolute Gasteiger partial charge is 0.163 e. The molecular weight excluding hydrogens is 288 g/mol. The first-order valence-corrected chi connectivity index (χ1v) is 8.56. The summed E-state index contributed by atoms with van der Waals surface area (Å²) in [4.78, 5) is 12.1. The lowest BCUT2D eigenvalue weighted by molar-refractivity contribution is 0.0601. The maximum atomic E-state index is 12.1. The summed E-state index contributed by atoms with van der Waals surface area (Å²) >= 11 is 0. The molecule has 23 heavy (non-hydrogen) atoms. The number of rotatable bonds is 3. The second kappa shape index (κ2) is 6.28. The van der Waals surface area contributed by atoms with Gasteiger partial charge in [-0.15, -0.1) is 0 Å². The Bertz CT molecular complexity index is 714. The van der Waals surface area contributed by atoms with E-state index in [0.717, 1.165) is 62.1 Å². The fraction of sp³-hybridized carbons (Fsp3) is 0.474. The van der Waals surface area contributed by atoms with Gasteiger partial charge in [-0.25, -0.2) is 0 Å². The van der Waals surface area contributed by atoms with Crippen LogP contribution in [0.1, 0.15) is 41.6 Å². The number of carbonyl (C=O) groups excluding carboxylic acids is 1. The molecule has 2 aromatic rings. The number of hydrogen-bond acceptors (Lipinski definition) is 3. The molecule has 1 aromatic heterocycles. The van der Waals surface area contributed by atoms with Crippen LogP contribution in [0, 0.1) is 5.92 Å². The van der Waals surface area contributed by atoms with Gasteiger partial charge in [-0.3, -0.25) is 9.48 Å². The standard InChI is InChI=1S/C19H22N2O2/c22-19-3-1-2-15-4-5-16(10-18(15)19)17-11-20-21(13-17)12-14-6-8-23-9-7-14/h4-5,10-11,13-14H,1-3,6-9,12H2. The molecule has 1 saturated heterocycles. The molecule has 1 aliphatic carbocycles. The highest BCUT2D eigenvalue weighted by molar-refractivity contribution is 5.99. The van der Waals surface area contributed by atoms with Crippen molar-refractivity contribution in [3.63, 3.8) is 0 Å². The zero-order chi connectivity index (χ0) is 15.6. The molecule has 1 aromatic carbocycles. The first kappa shape index (κ1) is 14.6. The van der Waals surface area contributed by atoms with E-state index in [9.17, 15) is 4.79 Å². The van der Waals surface area contributed by atoms with Crippen molar-refractivity contribution in [2.45, 2.75) is 38.6 Å². The Kier molecular flexibility index (Phi) is 4.00. The molecule has 0 N–H and O–H groups in total. The molecule has 0 unspecified atom stereocenters. The second-order valence-corrected chi connectivity index (χ2v) is 6.66. The van der Waals surface area contributed by atoms with Gasteiger partial charge in [-0.05, 0) is 48.8 Å². The first-order chi connectivity index (χ1) is 11.3. The summed E-state index contributed by atoms with van der Waals surface area (Å²) in [6.07, 6.45) is 8.92. The third kappa shape index (κ3) is 3.08. The van der Waals surface area contributed by atoms with E-state index in [0.29, 0.717) is 12.3 Å². The van der Waals surface area contributed by atoms with Crippen LogP contribution in [0.2, 0.25) is 0 Å². The molecule has 4 rings (SSSR count). The fourth-order valence-electron chi connectivity index (χ4n) is 3.61. The third-order valence-corrected chi connectivity index (χ3v) is 5.01. The zero-order valence-corrected chi connectivity index (χ0v) is 13.3. The molecule has 0 saturated carbocycles. The third-order valence-electron chi connectivity index (χ3n) is 5.01. The Morgan fingerprint density at radius 2 is 2.04 bits per heavy atom. The van der Waals surface area contributed by atoms with Crippen LogP contribution in [-0.4, -0.2) is 28.8 Å². The first-order valence-electron chi connectivity index (χ1n) is 8.56. The second-order valence-electron chi connectivity index (χ2n) is 6.66. The summed E-state index contributed by atoms with van der Waals surface area (Å²) in [5.41, 5.74) is 4.29. The van der Waals surface area contributed by atoms with Gasteiger partial charge in [0, 0.05) is 43.5 Å². The van der Waals surface area contributed by atoms with E-state index in [4.69, 9.17) is 4.74 Å². The lowest BCUT2D eigenvalue weighted by Crippen LogP contribution is -2.20. The van der Waals surface area contributed by atoms with Crippen LogP contribution in [0.5, 0.6) is 0 Å². The molecule has 1 aliphatic heterocycles. The number of ether oxygens (including phenoxy) is 1. The number of nitrogens with zero attached hydrogens (tertiary/aromatic N) is 2. The maximum Gasteiger partial charge on any atom is 0.163 e. The van der Waals surface area contributed by atoms with Crippen LogP contribution in [0.15, 0.2) is 30.6 Å². The summed E-state index contributed by atoms with van der Waals surface area (Å²) in [6.45, 7) is 2.69. The average molecular weight is 310 g/mol. The normalized spacial score (nSPS) is 18.9. The predicted octanol–water partition coefficient (Wildman–Crippen LogP) is 3.50. The van der Waals surface area contributed by atoms with Crippen molar-refractivity contribution in [3.05, 3.63) is 41.7 Å². The summed E-state index contributed by atoms with van der Waals surface area (Å²) < 4.78 is 7.45. The minimum atomic E-state index is 0.280. The van der Waals surface area contributed by atoms with E-state index >= 15 is 0 Å². The highest BCUT2D eigenvalue weighted by atomic mass is 16.5. The van der Waals surface area contributed by atoms with Gasteiger partial charge in [0.15, 0.2) is 5.78 Å². The van der Waals surface area contributed by atoms with Crippen molar-refractivity contribution in [3.8, 4) is 11.1 Å². The van der Waals surface area contributed by atoms with Crippen molar-refractivity contribution < 1.29 is 9.53 Å². The highest BCUT2D eigenvalue weighted by Gasteiger charge is 2.18. The minimum absolute atomic E-state index is 0.280. The van der Waals surface area contributed by atoms with Gasteiger partial charge in [-0.2, -0.15) is 5.10 Å². The topological polar surface area (TPSA) is 44.1 Å². The monoisotopic (exact) mass is 310 g/mol. The number of aryl methyl sites for hydroxylation is 1. The van der Waals surface area contributed by atoms with Crippen LogP contribution in [0.4, 0.5) is 0 Å². The van der Waals surface area contributed by atoms with Crippen molar-refractivity contribution in [1.82, 2.24) is 9.78 Å². The Morgan fingerprint density at radius 3 is 2.91 bits per heavy atom. The number of fused-ring (bicyclic) bond motifs is 1. The van der Waals surface area contributed by atoms with Gasteiger partial charge in [-0.1, -0.05) is 12.1 Å². The summed E-state index contributed by atoms with van der Waals surface area (Å²) in [7, 11) is 0. The number of ketones is 1. The average Bonchev–Trinajstić information content (AvgIpc) is 3.04. The Morgan fingerprint density at radius 1 is 1.17 bits per heavy atom. The molecular formula is C19H22N2O2. The van der Waals surface area contributed by atoms with Crippen LogP contribution < -0.4 is 0 Å². The van der Waals surface area contributed by atoms with E-state index in [-0.39, 0.29) is 5.78 Å². The van der Waals surface area contributed by atoms with Gasteiger partial charge in [0.2, 0.25) is 0 Å². The Hall–Kier alpha value is -1.94. The molecule has 2 heterocycles. The number of Topliss-reactive ketones (excluding diaryl/α,β-unsaturated/α-hetero) is 1. The molecule has 2 aliphatic rings. The van der Waals surface area contributed by atoms with E-state index in [1.807, 2.05) is 16.9 Å². The van der Waals surface area contributed by atoms with Gasteiger partial charge < -0.3 is 4.74 Å². The van der Waals surface area contributed by atoms with E-state index in [1.54, 1.807) is 0 Å². The number of hydrogen-bond donors (Lipinski definition) is 0. The molecule has 0 bridgehead atoms. The molecule has 0 spiro atoms. The SMILES string of the molecule is O=C1CCCc2ccc(-c3cnn(CC4CCOCC4)c3)cc21. The highest BCUT2D eigenvalue weighted by Crippen LogP contribution is 2.27. The number of carbonyl (C=O) groups is 1. The Labute approximate surface area is 136 Å². The van der Waals surface area contributed by atoms with Gasteiger partial charge >= 0.3 is 0 Å². The molecule has 1 fully saturated rings. The van der Waals surface area contributed by atoms with Crippen LogP contribution in [-0.2, 0) is 17.7 Å². The van der Waals surface area contributed by atoms with Crippen molar-refractivity contribution in [2.24, 2.45) is 5.92 Å². The predicted molar refractivity (Wildman–Crippen MR) is 88.5 cm³/mol. The van der Waals surface area contributed by atoms with Gasteiger partial charge in [0.05, 0.1) is 6.20 Å². The molecule has 4 heteroatoms.